The van der Waals surface area contributed by atoms with Gasteiger partial charge in [-0.3, -0.25) is 9.59 Å². The van der Waals surface area contributed by atoms with Gasteiger partial charge in [-0.25, -0.2) is 0 Å². The van der Waals surface area contributed by atoms with Crippen molar-refractivity contribution >= 4 is 23.5 Å². The molecule has 5 heteroatoms. The number of rotatable bonds is 7. The van der Waals surface area contributed by atoms with Crippen molar-refractivity contribution in [2.45, 2.75) is 33.1 Å². The number of aliphatic carboxylic acids is 2. The maximum Gasteiger partial charge on any atom is 0.318 e. The summed E-state index contributed by atoms with van der Waals surface area (Å²) < 4.78 is 0. The molecule has 0 unspecified atom stereocenters. The maximum atomic E-state index is 10.8. The van der Waals surface area contributed by atoms with Crippen molar-refractivity contribution in [1.29, 1.82) is 0 Å². The molecule has 0 aromatic carbocycles. The third kappa shape index (κ3) is 4.51. The van der Waals surface area contributed by atoms with Crippen molar-refractivity contribution in [2.24, 2.45) is 11.3 Å². The summed E-state index contributed by atoms with van der Waals surface area (Å²) in [4.78, 5) is 21.6. The molecule has 0 rings (SSSR count). The zero-order chi connectivity index (χ0) is 12.1. The van der Waals surface area contributed by atoms with Gasteiger partial charge in [0.1, 0.15) is 0 Å². The lowest BCUT2D eigenvalue weighted by molar-refractivity contribution is -0.160. The standard InChI is InChI=1S/C10H17ClO4/c1-10(2,5-3-4-6-11)7(8(12)13)9(14)15/h7H,3-6H2,1-2H3,(H,12,13)(H,14,15). The Balaban J connectivity index is 4.50. The molecule has 0 aliphatic carbocycles. The highest BCUT2D eigenvalue weighted by atomic mass is 35.5. The zero-order valence-electron chi connectivity index (χ0n) is 8.99. The van der Waals surface area contributed by atoms with Crippen LogP contribution in [-0.2, 0) is 9.59 Å². The number of carbonyl (C=O) groups is 2. The largest absolute Gasteiger partial charge is 0.481 e. The lowest BCUT2D eigenvalue weighted by Crippen LogP contribution is -2.37. The van der Waals surface area contributed by atoms with Crippen LogP contribution in [0.25, 0.3) is 0 Å². The zero-order valence-corrected chi connectivity index (χ0v) is 9.75. The fourth-order valence-corrected chi connectivity index (χ4v) is 1.78. The molecule has 0 heterocycles. The Bertz CT molecular complexity index is 224. The Labute approximate surface area is 94.2 Å². The van der Waals surface area contributed by atoms with E-state index in [0.29, 0.717) is 12.3 Å². The summed E-state index contributed by atoms with van der Waals surface area (Å²) in [5.41, 5.74) is -0.746. The number of carboxylic acids is 2. The number of alkyl halides is 1. The lowest BCUT2D eigenvalue weighted by Gasteiger charge is -2.28. The first-order valence-corrected chi connectivity index (χ1v) is 5.38. The van der Waals surface area contributed by atoms with Crippen molar-refractivity contribution in [3.8, 4) is 0 Å². The van der Waals surface area contributed by atoms with Crippen LogP contribution in [0.5, 0.6) is 0 Å². The normalized spacial score (nSPS) is 11.7. The minimum Gasteiger partial charge on any atom is -0.481 e. The average molecular weight is 237 g/mol. The fourth-order valence-electron chi connectivity index (χ4n) is 1.59. The van der Waals surface area contributed by atoms with Crippen LogP contribution in [0.1, 0.15) is 33.1 Å². The summed E-state index contributed by atoms with van der Waals surface area (Å²) in [5, 5.41) is 17.7. The molecule has 88 valence electrons. The lowest BCUT2D eigenvalue weighted by atomic mass is 9.75. The van der Waals surface area contributed by atoms with Gasteiger partial charge in [0.2, 0.25) is 0 Å². The summed E-state index contributed by atoms with van der Waals surface area (Å²) in [6.45, 7) is 3.32. The van der Waals surface area contributed by atoms with Gasteiger partial charge in [-0.1, -0.05) is 20.3 Å². The Kier molecular flexibility index (Phi) is 5.65. The summed E-state index contributed by atoms with van der Waals surface area (Å²) in [6.07, 6.45) is 2.06. The molecule has 0 amide bonds. The smallest absolute Gasteiger partial charge is 0.318 e. The molecule has 0 aromatic rings. The third-order valence-electron chi connectivity index (χ3n) is 2.48. The number of carboxylic acid groups (broad SMARTS) is 2. The second-order valence-electron chi connectivity index (χ2n) is 4.24. The van der Waals surface area contributed by atoms with Gasteiger partial charge < -0.3 is 10.2 Å². The summed E-state index contributed by atoms with van der Waals surface area (Å²) >= 11 is 5.50. The van der Waals surface area contributed by atoms with E-state index in [0.717, 1.165) is 12.8 Å². The van der Waals surface area contributed by atoms with E-state index in [1.165, 1.54) is 0 Å². The van der Waals surface area contributed by atoms with E-state index in [4.69, 9.17) is 21.8 Å². The van der Waals surface area contributed by atoms with Crippen LogP contribution in [0.3, 0.4) is 0 Å². The van der Waals surface area contributed by atoms with Crippen LogP contribution in [0.2, 0.25) is 0 Å². The predicted molar refractivity (Wildman–Crippen MR) is 57.1 cm³/mol. The van der Waals surface area contributed by atoms with E-state index in [1.54, 1.807) is 13.8 Å². The van der Waals surface area contributed by atoms with Gasteiger partial charge in [0, 0.05) is 5.88 Å². The van der Waals surface area contributed by atoms with Crippen LogP contribution in [0, 0.1) is 11.3 Å². The van der Waals surface area contributed by atoms with E-state index in [2.05, 4.69) is 0 Å². The minimum absolute atomic E-state index is 0.515. The van der Waals surface area contributed by atoms with Gasteiger partial charge in [-0.05, 0) is 18.3 Å². The Hall–Kier alpha value is -0.770. The quantitative estimate of drug-likeness (QED) is 0.404. The topological polar surface area (TPSA) is 74.6 Å². The SMILES string of the molecule is CC(C)(CCCCCl)C(C(=O)O)C(=O)O. The van der Waals surface area contributed by atoms with Crippen LogP contribution in [0.15, 0.2) is 0 Å². The van der Waals surface area contributed by atoms with Crippen molar-refractivity contribution in [1.82, 2.24) is 0 Å². The van der Waals surface area contributed by atoms with Crippen molar-refractivity contribution in [3.63, 3.8) is 0 Å². The molecule has 0 aliphatic heterocycles. The molecule has 0 radical (unpaired) electrons. The Morgan fingerprint density at radius 3 is 2.00 bits per heavy atom. The molecule has 4 nitrogen and oxygen atoms in total. The van der Waals surface area contributed by atoms with E-state index in [-0.39, 0.29) is 0 Å². The van der Waals surface area contributed by atoms with E-state index in [1.807, 2.05) is 0 Å². The molecule has 0 spiro atoms. The predicted octanol–water partition coefficient (Wildman–Crippen LogP) is 2.21. The number of unbranched alkanes of at least 4 members (excludes halogenated alkanes) is 1. The van der Waals surface area contributed by atoms with Crippen LogP contribution in [0.4, 0.5) is 0 Å². The molecule has 0 aromatic heterocycles. The van der Waals surface area contributed by atoms with Crippen molar-refractivity contribution in [2.75, 3.05) is 5.88 Å². The van der Waals surface area contributed by atoms with Gasteiger partial charge in [0.15, 0.2) is 5.92 Å². The molecule has 0 aliphatic rings. The van der Waals surface area contributed by atoms with Gasteiger partial charge in [0.05, 0.1) is 0 Å². The summed E-state index contributed by atoms with van der Waals surface area (Å²) in [6, 6.07) is 0. The highest BCUT2D eigenvalue weighted by Crippen LogP contribution is 2.33. The van der Waals surface area contributed by atoms with Gasteiger partial charge in [-0.15, -0.1) is 11.6 Å². The average Bonchev–Trinajstić information content (AvgIpc) is 2.01. The minimum atomic E-state index is -1.35. The van der Waals surface area contributed by atoms with Crippen molar-refractivity contribution in [3.05, 3.63) is 0 Å². The Morgan fingerprint density at radius 2 is 1.67 bits per heavy atom. The van der Waals surface area contributed by atoms with Crippen molar-refractivity contribution < 1.29 is 19.8 Å². The molecule has 0 bridgehead atoms. The third-order valence-corrected chi connectivity index (χ3v) is 2.75. The number of hydrogen-bond donors (Lipinski definition) is 2. The second-order valence-corrected chi connectivity index (χ2v) is 4.62. The molecule has 0 saturated heterocycles. The number of hydrogen-bond acceptors (Lipinski definition) is 2. The van der Waals surface area contributed by atoms with Gasteiger partial charge in [0.25, 0.3) is 0 Å². The van der Waals surface area contributed by atoms with Crippen LogP contribution < -0.4 is 0 Å². The molecule has 0 fully saturated rings. The molecule has 2 N–H and O–H groups in total. The molecule has 0 atom stereocenters. The molecular formula is C10H17ClO4. The first-order chi connectivity index (χ1) is 6.83. The number of halogens is 1. The summed E-state index contributed by atoms with van der Waals surface area (Å²) in [7, 11) is 0. The monoisotopic (exact) mass is 236 g/mol. The van der Waals surface area contributed by atoms with Crippen LogP contribution >= 0.6 is 11.6 Å². The van der Waals surface area contributed by atoms with E-state index < -0.39 is 23.3 Å². The Morgan fingerprint density at radius 1 is 1.20 bits per heavy atom. The highest BCUT2D eigenvalue weighted by Gasteiger charge is 2.40. The fraction of sp³-hybridized carbons (Fsp3) is 0.800. The van der Waals surface area contributed by atoms with Crippen LogP contribution in [-0.4, -0.2) is 28.0 Å². The van der Waals surface area contributed by atoms with Gasteiger partial charge in [-0.2, -0.15) is 0 Å². The molecule has 0 saturated carbocycles. The maximum absolute atomic E-state index is 10.8. The van der Waals surface area contributed by atoms with E-state index >= 15 is 0 Å². The molecular weight excluding hydrogens is 220 g/mol. The summed E-state index contributed by atoms with van der Waals surface area (Å²) in [5.74, 6) is -3.40. The first kappa shape index (κ1) is 14.2. The van der Waals surface area contributed by atoms with E-state index in [9.17, 15) is 9.59 Å². The highest BCUT2D eigenvalue weighted by molar-refractivity contribution is 6.17. The first-order valence-electron chi connectivity index (χ1n) is 4.84. The second kappa shape index (κ2) is 5.95. The van der Waals surface area contributed by atoms with Gasteiger partial charge >= 0.3 is 11.9 Å². The molecule has 15 heavy (non-hydrogen) atoms.